The van der Waals surface area contributed by atoms with E-state index in [1.165, 1.54) is 0 Å². The number of amides is 1. The van der Waals surface area contributed by atoms with E-state index in [9.17, 15) is 13.6 Å². The van der Waals surface area contributed by atoms with Gasteiger partial charge in [0.15, 0.2) is 0 Å². The number of hydrogen-bond donors (Lipinski definition) is 3. The average molecular weight is 210 g/mol. The zero-order chi connectivity index (χ0) is 11.1. The molecule has 0 aromatic carbocycles. The summed E-state index contributed by atoms with van der Waals surface area (Å²) in [4.78, 5) is 11.2. The molecule has 0 aliphatic carbocycles. The van der Waals surface area contributed by atoms with Gasteiger partial charge >= 0.3 is 0 Å². The van der Waals surface area contributed by atoms with Gasteiger partial charge in [-0.1, -0.05) is 6.92 Å². The van der Waals surface area contributed by atoms with Crippen molar-refractivity contribution in [1.29, 1.82) is 0 Å². The van der Waals surface area contributed by atoms with Crippen LogP contribution in [0.5, 0.6) is 0 Å². The van der Waals surface area contributed by atoms with E-state index in [2.05, 4.69) is 10.6 Å². The normalized spacial score (nSPS) is 15.3. The standard InChI is InChI=1S/C8H16F2N2O2/c1-5(3-11-2)8(14)12-4-6(13)7(9)10/h5-7,11,13H,3-4H2,1-2H3,(H,12,14). The number of rotatable bonds is 6. The van der Waals surface area contributed by atoms with Gasteiger partial charge in [-0.2, -0.15) is 0 Å². The summed E-state index contributed by atoms with van der Waals surface area (Å²) < 4.78 is 23.6. The van der Waals surface area contributed by atoms with Gasteiger partial charge in [-0.3, -0.25) is 4.79 Å². The SMILES string of the molecule is CNCC(C)C(=O)NCC(O)C(F)F. The molecule has 0 aromatic rings. The summed E-state index contributed by atoms with van der Waals surface area (Å²) in [7, 11) is 1.69. The summed E-state index contributed by atoms with van der Waals surface area (Å²) in [5, 5.41) is 13.7. The van der Waals surface area contributed by atoms with Gasteiger partial charge in [-0.05, 0) is 7.05 Å². The summed E-state index contributed by atoms with van der Waals surface area (Å²) >= 11 is 0. The molecular formula is C8H16F2N2O2. The first-order valence-corrected chi connectivity index (χ1v) is 4.37. The second-order valence-electron chi connectivity index (χ2n) is 3.11. The molecule has 6 heteroatoms. The Bertz CT molecular complexity index is 179. The van der Waals surface area contributed by atoms with Crippen molar-refractivity contribution < 1.29 is 18.7 Å². The van der Waals surface area contributed by atoms with E-state index in [0.717, 1.165) is 0 Å². The lowest BCUT2D eigenvalue weighted by Gasteiger charge is -2.14. The number of nitrogens with one attached hydrogen (secondary N) is 2. The number of alkyl halides is 2. The summed E-state index contributed by atoms with van der Waals surface area (Å²) in [5.74, 6) is -0.649. The van der Waals surface area contributed by atoms with Gasteiger partial charge in [0.05, 0.1) is 0 Å². The molecule has 3 N–H and O–H groups in total. The molecule has 4 nitrogen and oxygen atoms in total. The molecule has 0 fully saturated rings. The molecule has 0 aromatic heterocycles. The maximum Gasteiger partial charge on any atom is 0.265 e. The molecule has 0 bridgehead atoms. The minimum atomic E-state index is -2.82. The minimum Gasteiger partial charge on any atom is -0.385 e. The zero-order valence-electron chi connectivity index (χ0n) is 8.26. The number of carbonyl (C=O) groups excluding carboxylic acids is 1. The van der Waals surface area contributed by atoms with Crippen LogP contribution in [-0.2, 0) is 4.79 Å². The van der Waals surface area contributed by atoms with Crippen molar-refractivity contribution in [1.82, 2.24) is 10.6 Å². The highest BCUT2D eigenvalue weighted by Crippen LogP contribution is 1.99. The van der Waals surface area contributed by atoms with Gasteiger partial charge in [0, 0.05) is 19.0 Å². The summed E-state index contributed by atoms with van der Waals surface area (Å²) in [6.07, 6.45) is -4.62. The Morgan fingerprint density at radius 2 is 2.00 bits per heavy atom. The van der Waals surface area contributed by atoms with E-state index in [1.54, 1.807) is 14.0 Å². The fourth-order valence-corrected chi connectivity index (χ4v) is 0.867. The molecule has 0 saturated carbocycles. The van der Waals surface area contributed by atoms with Crippen molar-refractivity contribution >= 4 is 5.91 Å². The predicted octanol–water partition coefficient (Wildman–Crippen LogP) is -0.416. The molecule has 84 valence electrons. The van der Waals surface area contributed by atoms with Gasteiger partial charge in [0.2, 0.25) is 5.91 Å². The Morgan fingerprint density at radius 3 is 2.43 bits per heavy atom. The van der Waals surface area contributed by atoms with Crippen LogP contribution in [0, 0.1) is 5.92 Å². The number of aliphatic hydroxyl groups excluding tert-OH is 1. The van der Waals surface area contributed by atoms with Crippen LogP contribution in [0.3, 0.4) is 0 Å². The average Bonchev–Trinajstić information content (AvgIpc) is 2.13. The molecule has 0 aliphatic rings. The lowest BCUT2D eigenvalue weighted by atomic mass is 10.1. The molecule has 0 rings (SSSR count). The smallest absolute Gasteiger partial charge is 0.265 e. The quantitative estimate of drug-likeness (QED) is 0.558. The molecule has 2 unspecified atom stereocenters. The van der Waals surface area contributed by atoms with Crippen LogP contribution in [-0.4, -0.2) is 43.7 Å². The van der Waals surface area contributed by atoms with Crippen LogP contribution in [0.25, 0.3) is 0 Å². The summed E-state index contributed by atoms with van der Waals surface area (Å²) in [5.41, 5.74) is 0. The van der Waals surface area contributed by atoms with E-state index < -0.39 is 19.1 Å². The molecule has 14 heavy (non-hydrogen) atoms. The Morgan fingerprint density at radius 1 is 1.43 bits per heavy atom. The molecular weight excluding hydrogens is 194 g/mol. The Hall–Kier alpha value is -0.750. The number of aliphatic hydroxyl groups is 1. The van der Waals surface area contributed by atoms with Crippen LogP contribution in [0.15, 0.2) is 0 Å². The Kier molecular flexibility index (Phi) is 6.31. The highest BCUT2D eigenvalue weighted by Gasteiger charge is 2.19. The Labute approximate surface area is 81.7 Å². The second kappa shape index (κ2) is 6.67. The van der Waals surface area contributed by atoms with E-state index in [1.807, 2.05) is 0 Å². The van der Waals surface area contributed by atoms with Crippen molar-refractivity contribution in [2.75, 3.05) is 20.1 Å². The Balaban J connectivity index is 3.73. The van der Waals surface area contributed by atoms with E-state index in [0.29, 0.717) is 6.54 Å². The van der Waals surface area contributed by atoms with Crippen LogP contribution in [0.2, 0.25) is 0 Å². The van der Waals surface area contributed by atoms with Crippen molar-refractivity contribution in [3.05, 3.63) is 0 Å². The van der Waals surface area contributed by atoms with Crippen molar-refractivity contribution in [2.24, 2.45) is 5.92 Å². The third-order valence-corrected chi connectivity index (χ3v) is 1.73. The largest absolute Gasteiger partial charge is 0.385 e. The highest BCUT2D eigenvalue weighted by atomic mass is 19.3. The number of hydrogen-bond acceptors (Lipinski definition) is 3. The van der Waals surface area contributed by atoms with E-state index in [-0.39, 0.29) is 11.8 Å². The zero-order valence-corrected chi connectivity index (χ0v) is 8.26. The van der Waals surface area contributed by atoms with Crippen LogP contribution in [0.4, 0.5) is 8.78 Å². The van der Waals surface area contributed by atoms with Crippen molar-refractivity contribution in [2.45, 2.75) is 19.5 Å². The number of carbonyl (C=O) groups is 1. The molecule has 0 aliphatic heterocycles. The lowest BCUT2D eigenvalue weighted by molar-refractivity contribution is -0.125. The first kappa shape index (κ1) is 13.2. The van der Waals surface area contributed by atoms with Gasteiger partial charge in [-0.15, -0.1) is 0 Å². The fraction of sp³-hybridized carbons (Fsp3) is 0.875. The van der Waals surface area contributed by atoms with E-state index in [4.69, 9.17) is 5.11 Å². The third kappa shape index (κ3) is 5.08. The van der Waals surface area contributed by atoms with Gasteiger partial charge < -0.3 is 15.7 Å². The summed E-state index contributed by atoms with van der Waals surface area (Å²) in [6, 6.07) is 0. The van der Waals surface area contributed by atoms with Gasteiger partial charge in [0.25, 0.3) is 6.43 Å². The van der Waals surface area contributed by atoms with Gasteiger partial charge in [-0.25, -0.2) is 8.78 Å². The first-order chi connectivity index (χ1) is 6.49. The van der Waals surface area contributed by atoms with Gasteiger partial charge in [0.1, 0.15) is 6.10 Å². The second-order valence-corrected chi connectivity index (χ2v) is 3.11. The van der Waals surface area contributed by atoms with Crippen molar-refractivity contribution in [3.8, 4) is 0 Å². The molecule has 0 radical (unpaired) electrons. The maximum absolute atomic E-state index is 11.8. The van der Waals surface area contributed by atoms with Crippen LogP contribution < -0.4 is 10.6 Å². The van der Waals surface area contributed by atoms with E-state index >= 15 is 0 Å². The summed E-state index contributed by atoms with van der Waals surface area (Å²) in [6.45, 7) is 1.72. The monoisotopic (exact) mass is 210 g/mol. The maximum atomic E-state index is 11.8. The van der Waals surface area contributed by atoms with Crippen molar-refractivity contribution in [3.63, 3.8) is 0 Å². The molecule has 0 spiro atoms. The molecule has 2 atom stereocenters. The number of halogens is 2. The fourth-order valence-electron chi connectivity index (χ4n) is 0.867. The molecule has 0 saturated heterocycles. The first-order valence-electron chi connectivity index (χ1n) is 4.37. The predicted molar refractivity (Wildman–Crippen MR) is 48.1 cm³/mol. The molecule has 0 heterocycles. The minimum absolute atomic E-state index is 0.301. The lowest BCUT2D eigenvalue weighted by Crippen LogP contribution is -2.40. The molecule has 1 amide bonds. The highest BCUT2D eigenvalue weighted by molar-refractivity contribution is 5.78. The van der Waals surface area contributed by atoms with Crippen LogP contribution in [0.1, 0.15) is 6.92 Å². The van der Waals surface area contributed by atoms with Crippen LogP contribution >= 0.6 is 0 Å². The third-order valence-electron chi connectivity index (χ3n) is 1.73. The topological polar surface area (TPSA) is 61.4 Å².